The Morgan fingerprint density at radius 1 is 1.24 bits per heavy atom. The maximum atomic E-state index is 12.6. The van der Waals surface area contributed by atoms with E-state index in [4.69, 9.17) is 0 Å². The van der Waals surface area contributed by atoms with Crippen molar-refractivity contribution in [3.63, 3.8) is 0 Å². The minimum Gasteiger partial charge on any atom is -0.505 e. The van der Waals surface area contributed by atoms with Gasteiger partial charge in [-0.05, 0) is 37.1 Å². The predicted molar refractivity (Wildman–Crippen MR) is 107 cm³/mol. The van der Waals surface area contributed by atoms with Gasteiger partial charge in [-0.25, -0.2) is 0 Å². The Hall–Kier alpha value is -4.01. The Bertz CT molecular complexity index is 1170. The molecule has 2 aromatic carbocycles. The summed E-state index contributed by atoms with van der Waals surface area (Å²) < 4.78 is 1.00. The van der Waals surface area contributed by atoms with Gasteiger partial charge in [-0.2, -0.15) is 9.78 Å². The summed E-state index contributed by atoms with van der Waals surface area (Å²) in [6.45, 7) is 3.63. The highest BCUT2D eigenvalue weighted by Gasteiger charge is 2.19. The van der Waals surface area contributed by atoms with Crippen molar-refractivity contribution in [3.8, 4) is 11.4 Å². The van der Waals surface area contributed by atoms with Crippen molar-refractivity contribution in [1.82, 2.24) is 9.78 Å². The highest BCUT2D eigenvalue weighted by Crippen LogP contribution is 2.24. The van der Waals surface area contributed by atoms with E-state index >= 15 is 0 Å². The molecule has 9 nitrogen and oxygen atoms in total. The van der Waals surface area contributed by atoms with Crippen LogP contribution in [0.1, 0.15) is 28.5 Å². The molecule has 9 heteroatoms. The maximum absolute atomic E-state index is 12.6. The predicted octanol–water partition coefficient (Wildman–Crippen LogP) is 2.97. The summed E-state index contributed by atoms with van der Waals surface area (Å²) in [4.78, 5) is 35.5. The quantitative estimate of drug-likeness (QED) is 0.506. The second-order valence-corrected chi connectivity index (χ2v) is 6.38. The Balaban J connectivity index is 1.98. The highest BCUT2D eigenvalue weighted by molar-refractivity contribution is 6.04. The lowest BCUT2D eigenvalue weighted by molar-refractivity contribution is -0.385. The standard InChI is InChI=1S/C20H18N4O5/c1-3-13-7-8-14(10-16(13)24(28)29)21-20(27)19-17(25)11-18(26)23(22-19)15-6-4-5-12(2)9-15/h4-11,25H,3H2,1-2H3,(H,21,27). The van der Waals surface area contributed by atoms with Gasteiger partial charge < -0.3 is 10.4 Å². The Morgan fingerprint density at radius 2 is 2.00 bits per heavy atom. The molecule has 0 radical (unpaired) electrons. The van der Waals surface area contributed by atoms with E-state index in [1.54, 1.807) is 31.2 Å². The molecule has 0 aliphatic carbocycles. The van der Waals surface area contributed by atoms with Crippen molar-refractivity contribution < 1.29 is 14.8 Å². The van der Waals surface area contributed by atoms with Crippen LogP contribution in [0.4, 0.5) is 11.4 Å². The van der Waals surface area contributed by atoms with Crippen molar-refractivity contribution in [2.45, 2.75) is 20.3 Å². The third kappa shape index (κ3) is 4.13. The number of nitrogens with zero attached hydrogens (tertiary/aromatic N) is 3. The molecule has 0 bridgehead atoms. The molecule has 2 N–H and O–H groups in total. The monoisotopic (exact) mass is 394 g/mol. The number of aromatic hydroxyl groups is 1. The SMILES string of the molecule is CCc1ccc(NC(=O)c2nn(-c3cccc(C)c3)c(=O)cc2O)cc1[N+](=O)[O-]. The number of nitrogens with one attached hydrogen (secondary N) is 1. The van der Waals surface area contributed by atoms with Gasteiger partial charge in [0.1, 0.15) is 0 Å². The molecule has 1 aromatic heterocycles. The minimum absolute atomic E-state index is 0.118. The van der Waals surface area contributed by atoms with E-state index in [2.05, 4.69) is 10.4 Å². The van der Waals surface area contributed by atoms with Gasteiger partial charge >= 0.3 is 0 Å². The average molecular weight is 394 g/mol. The first-order chi connectivity index (χ1) is 13.8. The number of aromatic nitrogens is 2. The molecule has 0 aliphatic heterocycles. The molecular formula is C20H18N4O5. The van der Waals surface area contributed by atoms with Crippen LogP contribution >= 0.6 is 0 Å². The van der Waals surface area contributed by atoms with Crippen LogP contribution < -0.4 is 10.9 Å². The van der Waals surface area contributed by atoms with Crippen LogP contribution in [0.15, 0.2) is 53.3 Å². The van der Waals surface area contributed by atoms with Gasteiger partial charge in [0.25, 0.3) is 17.2 Å². The van der Waals surface area contributed by atoms with Crippen molar-refractivity contribution in [2.24, 2.45) is 0 Å². The number of hydrogen-bond donors (Lipinski definition) is 2. The average Bonchev–Trinajstić information content (AvgIpc) is 2.67. The number of carbonyl (C=O) groups excluding carboxylic acids is 1. The van der Waals surface area contributed by atoms with Gasteiger partial charge in [0, 0.05) is 23.4 Å². The largest absolute Gasteiger partial charge is 0.505 e. The second kappa shape index (κ2) is 7.93. The number of nitro benzene ring substituents is 1. The molecule has 3 aromatic rings. The lowest BCUT2D eigenvalue weighted by Crippen LogP contribution is -2.25. The van der Waals surface area contributed by atoms with Crippen LogP contribution in [0.5, 0.6) is 5.75 Å². The molecule has 0 unspecified atom stereocenters. The van der Waals surface area contributed by atoms with Crippen molar-refractivity contribution >= 4 is 17.3 Å². The van der Waals surface area contributed by atoms with Crippen LogP contribution in [0.2, 0.25) is 0 Å². The van der Waals surface area contributed by atoms with Crippen molar-refractivity contribution in [1.29, 1.82) is 0 Å². The van der Waals surface area contributed by atoms with Gasteiger partial charge in [0.15, 0.2) is 11.4 Å². The molecule has 1 amide bonds. The zero-order chi connectivity index (χ0) is 21.1. The fraction of sp³-hybridized carbons (Fsp3) is 0.150. The summed E-state index contributed by atoms with van der Waals surface area (Å²) in [7, 11) is 0. The number of hydrogen-bond acceptors (Lipinski definition) is 6. The van der Waals surface area contributed by atoms with E-state index < -0.39 is 22.1 Å². The third-order valence-corrected chi connectivity index (χ3v) is 4.29. The molecule has 0 atom stereocenters. The van der Waals surface area contributed by atoms with Gasteiger partial charge in [-0.15, -0.1) is 0 Å². The number of rotatable bonds is 5. The number of benzene rings is 2. The lowest BCUT2D eigenvalue weighted by atomic mass is 10.1. The number of amides is 1. The first kappa shape index (κ1) is 19.7. The molecule has 0 saturated heterocycles. The summed E-state index contributed by atoms with van der Waals surface area (Å²) in [5.74, 6) is -1.39. The molecular weight excluding hydrogens is 376 g/mol. The summed E-state index contributed by atoms with van der Waals surface area (Å²) in [5.41, 5.74) is 0.925. The molecule has 0 spiro atoms. The van der Waals surface area contributed by atoms with Gasteiger partial charge in [0.05, 0.1) is 10.6 Å². The summed E-state index contributed by atoms with van der Waals surface area (Å²) in [6, 6.07) is 12.1. The van der Waals surface area contributed by atoms with Crippen LogP contribution in [0.3, 0.4) is 0 Å². The minimum atomic E-state index is -0.803. The van der Waals surface area contributed by atoms with Crippen LogP contribution in [0.25, 0.3) is 5.69 Å². The van der Waals surface area contributed by atoms with E-state index in [0.29, 0.717) is 17.7 Å². The fourth-order valence-electron chi connectivity index (χ4n) is 2.85. The van der Waals surface area contributed by atoms with Crippen LogP contribution in [0, 0.1) is 17.0 Å². The van der Waals surface area contributed by atoms with Gasteiger partial charge in [-0.3, -0.25) is 19.7 Å². The normalized spacial score (nSPS) is 10.6. The topological polar surface area (TPSA) is 127 Å². The number of aryl methyl sites for hydroxylation is 2. The van der Waals surface area contributed by atoms with E-state index in [1.165, 1.54) is 12.1 Å². The molecule has 0 aliphatic rings. The Morgan fingerprint density at radius 3 is 2.66 bits per heavy atom. The number of anilines is 1. The van der Waals surface area contributed by atoms with Crippen LogP contribution in [-0.4, -0.2) is 25.7 Å². The molecule has 0 fully saturated rings. The fourth-order valence-corrected chi connectivity index (χ4v) is 2.85. The molecule has 3 rings (SSSR count). The van der Waals surface area contributed by atoms with E-state index in [9.17, 15) is 24.8 Å². The first-order valence-corrected chi connectivity index (χ1v) is 8.79. The number of nitro groups is 1. The Labute approximate surface area is 165 Å². The zero-order valence-corrected chi connectivity index (χ0v) is 15.7. The highest BCUT2D eigenvalue weighted by atomic mass is 16.6. The number of carbonyl (C=O) groups is 1. The van der Waals surface area contributed by atoms with Crippen LogP contribution in [-0.2, 0) is 6.42 Å². The third-order valence-electron chi connectivity index (χ3n) is 4.29. The molecule has 148 valence electrons. The van der Waals surface area contributed by atoms with E-state index in [0.717, 1.165) is 16.3 Å². The first-order valence-electron chi connectivity index (χ1n) is 8.79. The van der Waals surface area contributed by atoms with E-state index in [-0.39, 0.29) is 17.1 Å². The molecule has 29 heavy (non-hydrogen) atoms. The smallest absolute Gasteiger partial charge is 0.279 e. The molecule has 0 saturated carbocycles. The summed E-state index contributed by atoms with van der Waals surface area (Å²) >= 11 is 0. The zero-order valence-electron chi connectivity index (χ0n) is 15.7. The summed E-state index contributed by atoms with van der Waals surface area (Å²) in [6.07, 6.45) is 0.467. The molecule has 1 heterocycles. The van der Waals surface area contributed by atoms with E-state index in [1.807, 2.05) is 13.0 Å². The Kier molecular flexibility index (Phi) is 5.40. The lowest BCUT2D eigenvalue weighted by Gasteiger charge is -2.10. The van der Waals surface area contributed by atoms with Gasteiger partial charge in [0.2, 0.25) is 0 Å². The van der Waals surface area contributed by atoms with Gasteiger partial charge in [-0.1, -0.05) is 25.1 Å². The summed E-state index contributed by atoms with van der Waals surface area (Å²) in [5, 5.41) is 27.7. The maximum Gasteiger partial charge on any atom is 0.279 e. The second-order valence-electron chi connectivity index (χ2n) is 6.38. The van der Waals surface area contributed by atoms with Crippen molar-refractivity contribution in [2.75, 3.05) is 5.32 Å². The van der Waals surface area contributed by atoms with Crippen molar-refractivity contribution in [3.05, 3.63) is 85.8 Å².